The van der Waals surface area contributed by atoms with Crippen molar-refractivity contribution in [1.29, 1.82) is 0 Å². The summed E-state index contributed by atoms with van der Waals surface area (Å²) in [5, 5.41) is 28.2. The quantitative estimate of drug-likeness (QED) is 0.290. The largest absolute Gasteiger partial charge is 0.326 e. The number of nitrogens with one attached hydrogen (secondary N) is 1. The molecule has 2 heterocycles. The van der Waals surface area contributed by atoms with Gasteiger partial charge in [0.05, 0.1) is 12.2 Å². The number of thioether (sulfide) groups is 1. The first kappa shape index (κ1) is 21.6. The number of hydrogen-bond donors (Lipinski definition) is 1. The van der Waals surface area contributed by atoms with E-state index in [1.54, 1.807) is 21.2 Å². The number of carbonyl (C=O) groups is 1. The number of benzene rings is 2. The molecule has 11 heteroatoms. The van der Waals surface area contributed by atoms with Gasteiger partial charge in [0, 0.05) is 23.9 Å². The molecule has 0 spiro atoms. The van der Waals surface area contributed by atoms with Crippen LogP contribution in [0.2, 0.25) is 0 Å². The zero-order valence-electron chi connectivity index (χ0n) is 17.6. The fourth-order valence-corrected chi connectivity index (χ4v) is 3.98. The Morgan fingerprint density at radius 2 is 1.88 bits per heavy atom. The molecular formula is C21H23N9OS. The summed E-state index contributed by atoms with van der Waals surface area (Å²) >= 11 is 1.61. The van der Waals surface area contributed by atoms with Gasteiger partial charge in [0.1, 0.15) is 0 Å². The molecule has 0 fully saturated rings. The van der Waals surface area contributed by atoms with Gasteiger partial charge in [0.2, 0.25) is 16.9 Å². The Kier molecular flexibility index (Phi) is 7.18. The molecule has 2 aromatic carbocycles. The third-order valence-electron chi connectivity index (χ3n) is 4.57. The average Bonchev–Trinajstić information content (AvgIpc) is 3.46. The zero-order chi connectivity index (χ0) is 22.2. The van der Waals surface area contributed by atoms with Crippen LogP contribution >= 0.6 is 11.8 Å². The average molecular weight is 450 g/mol. The summed E-state index contributed by atoms with van der Waals surface area (Å²) < 4.78 is 1.68. The van der Waals surface area contributed by atoms with E-state index in [0.29, 0.717) is 11.5 Å². The van der Waals surface area contributed by atoms with Crippen LogP contribution in [0.3, 0.4) is 0 Å². The van der Waals surface area contributed by atoms with Gasteiger partial charge in [-0.2, -0.15) is 9.48 Å². The highest BCUT2D eigenvalue weighted by atomic mass is 32.2. The molecule has 2 aromatic heterocycles. The lowest BCUT2D eigenvalue weighted by Gasteiger charge is -2.07. The van der Waals surface area contributed by atoms with Gasteiger partial charge in [0.25, 0.3) is 0 Å². The fraction of sp³-hybridized carbons (Fsp3) is 0.286. The fourth-order valence-electron chi connectivity index (χ4n) is 3.09. The summed E-state index contributed by atoms with van der Waals surface area (Å²) in [6.45, 7) is 2.21. The van der Waals surface area contributed by atoms with Crippen molar-refractivity contribution in [1.82, 2.24) is 40.4 Å². The Morgan fingerprint density at radius 3 is 2.72 bits per heavy atom. The minimum atomic E-state index is -0.120. The summed E-state index contributed by atoms with van der Waals surface area (Å²) in [6.07, 6.45) is 3.02. The van der Waals surface area contributed by atoms with Gasteiger partial charge in [-0.1, -0.05) is 54.6 Å². The van der Waals surface area contributed by atoms with Crippen molar-refractivity contribution < 1.29 is 4.79 Å². The highest BCUT2D eigenvalue weighted by Gasteiger charge is 2.10. The molecule has 4 aromatic rings. The molecule has 10 nitrogen and oxygen atoms in total. The normalized spacial score (nSPS) is 10.9. The lowest BCUT2D eigenvalue weighted by molar-refractivity contribution is -0.114. The first-order valence-electron chi connectivity index (χ1n) is 10.3. The first-order chi connectivity index (χ1) is 15.7. The molecular weight excluding hydrogens is 426 g/mol. The number of tetrazole rings is 2. The van der Waals surface area contributed by atoms with Crippen molar-refractivity contribution in [2.45, 2.75) is 37.9 Å². The van der Waals surface area contributed by atoms with E-state index in [1.165, 1.54) is 6.92 Å². The van der Waals surface area contributed by atoms with Crippen molar-refractivity contribution in [3.8, 4) is 17.1 Å². The minimum absolute atomic E-state index is 0.120. The maximum absolute atomic E-state index is 11.3. The summed E-state index contributed by atoms with van der Waals surface area (Å²) in [5.74, 6) is 1.42. The van der Waals surface area contributed by atoms with E-state index < -0.39 is 0 Å². The van der Waals surface area contributed by atoms with Crippen LogP contribution in [0.5, 0.6) is 0 Å². The number of unbranched alkanes of at least 4 members (excludes halogenated alkanes) is 2. The number of aromatic nitrogens is 8. The second-order valence-corrected chi connectivity index (χ2v) is 8.15. The lowest BCUT2D eigenvalue weighted by Crippen LogP contribution is -2.07. The van der Waals surface area contributed by atoms with Crippen LogP contribution in [0.1, 0.15) is 26.2 Å². The summed E-state index contributed by atoms with van der Waals surface area (Å²) in [7, 11) is 0. The molecule has 0 bridgehead atoms. The number of hydrogen-bond acceptors (Lipinski definition) is 8. The molecule has 164 valence electrons. The highest BCUT2D eigenvalue weighted by molar-refractivity contribution is 7.99. The molecule has 0 saturated heterocycles. The smallest absolute Gasteiger partial charge is 0.221 e. The number of nitrogens with zero attached hydrogens (tertiary/aromatic N) is 8. The second-order valence-electron chi connectivity index (χ2n) is 7.09. The van der Waals surface area contributed by atoms with Crippen LogP contribution in [0, 0.1) is 0 Å². The van der Waals surface area contributed by atoms with Crippen LogP contribution in [-0.2, 0) is 11.3 Å². The number of anilines is 1. The van der Waals surface area contributed by atoms with Crippen molar-refractivity contribution in [3.63, 3.8) is 0 Å². The Balaban J connectivity index is 1.22. The minimum Gasteiger partial charge on any atom is -0.326 e. The van der Waals surface area contributed by atoms with E-state index in [-0.39, 0.29) is 5.91 Å². The Labute approximate surface area is 189 Å². The predicted octanol–water partition coefficient (Wildman–Crippen LogP) is 3.24. The molecule has 0 radical (unpaired) electrons. The molecule has 1 amide bonds. The molecule has 0 aliphatic rings. The van der Waals surface area contributed by atoms with Crippen LogP contribution < -0.4 is 5.32 Å². The molecule has 0 aliphatic carbocycles. The molecule has 0 unspecified atom stereocenters. The van der Waals surface area contributed by atoms with Crippen LogP contribution in [0.15, 0.2) is 59.8 Å². The van der Waals surface area contributed by atoms with Gasteiger partial charge >= 0.3 is 0 Å². The predicted molar refractivity (Wildman–Crippen MR) is 121 cm³/mol. The highest BCUT2D eigenvalue weighted by Crippen LogP contribution is 2.21. The van der Waals surface area contributed by atoms with E-state index in [2.05, 4.69) is 36.3 Å². The van der Waals surface area contributed by atoms with Crippen molar-refractivity contribution in [2.75, 3.05) is 11.1 Å². The zero-order valence-corrected chi connectivity index (χ0v) is 18.4. The number of rotatable bonds is 10. The van der Waals surface area contributed by atoms with Gasteiger partial charge in [0.15, 0.2) is 0 Å². The van der Waals surface area contributed by atoms with Gasteiger partial charge in [-0.05, 0) is 46.7 Å². The third-order valence-corrected chi connectivity index (χ3v) is 5.58. The lowest BCUT2D eigenvalue weighted by atomic mass is 10.2. The van der Waals surface area contributed by atoms with E-state index in [1.807, 2.05) is 54.6 Å². The van der Waals surface area contributed by atoms with Crippen molar-refractivity contribution in [2.24, 2.45) is 0 Å². The van der Waals surface area contributed by atoms with E-state index >= 15 is 0 Å². The monoisotopic (exact) mass is 449 g/mol. The van der Waals surface area contributed by atoms with Gasteiger partial charge in [-0.25, -0.2) is 0 Å². The van der Waals surface area contributed by atoms with Crippen LogP contribution in [-0.4, -0.2) is 52.1 Å². The molecule has 4 rings (SSSR count). The molecule has 0 atom stereocenters. The van der Waals surface area contributed by atoms with E-state index in [9.17, 15) is 4.79 Å². The molecule has 0 saturated carbocycles. The van der Waals surface area contributed by atoms with E-state index in [4.69, 9.17) is 0 Å². The summed E-state index contributed by atoms with van der Waals surface area (Å²) in [6, 6.07) is 17.3. The second kappa shape index (κ2) is 10.6. The van der Waals surface area contributed by atoms with Crippen LogP contribution in [0.4, 0.5) is 5.69 Å². The number of aryl methyl sites for hydroxylation is 1. The first-order valence-corrected chi connectivity index (χ1v) is 11.3. The standard InChI is InChI=1S/C21H23N9OS/c1-16(31)22-18-11-8-12-19(15-18)30-21(24-26-28-30)32-14-7-3-6-13-29-25-20(23-27-29)17-9-4-2-5-10-17/h2,4-5,8-12,15H,3,6-7,13-14H2,1H3,(H,22,31). The SMILES string of the molecule is CC(=O)Nc1cccc(-n2nnnc2SCCCCCn2nnc(-c3ccccc3)n2)c1. The molecule has 0 aliphatic heterocycles. The molecule has 1 N–H and O–H groups in total. The third kappa shape index (κ3) is 5.76. The maximum atomic E-state index is 11.3. The molecule has 32 heavy (non-hydrogen) atoms. The summed E-state index contributed by atoms with van der Waals surface area (Å²) in [5.41, 5.74) is 2.48. The van der Waals surface area contributed by atoms with Gasteiger partial charge < -0.3 is 5.32 Å². The van der Waals surface area contributed by atoms with E-state index in [0.717, 1.165) is 48.0 Å². The topological polar surface area (TPSA) is 116 Å². The number of carbonyl (C=O) groups excluding carboxylic acids is 1. The van der Waals surface area contributed by atoms with Crippen LogP contribution in [0.25, 0.3) is 17.1 Å². The number of amides is 1. The Bertz CT molecular complexity index is 1160. The van der Waals surface area contributed by atoms with Gasteiger partial charge in [-0.3, -0.25) is 4.79 Å². The Hall–Kier alpha value is -3.60. The van der Waals surface area contributed by atoms with Crippen molar-refractivity contribution in [3.05, 3.63) is 54.6 Å². The van der Waals surface area contributed by atoms with Gasteiger partial charge in [-0.15, -0.1) is 15.3 Å². The maximum Gasteiger partial charge on any atom is 0.221 e. The van der Waals surface area contributed by atoms with Crippen molar-refractivity contribution >= 4 is 23.4 Å². The Morgan fingerprint density at radius 1 is 1.00 bits per heavy atom. The summed E-state index contributed by atoms with van der Waals surface area (Å²) in [4.78, 5) is 12.9.